The fourth-order valence-electron chi connectivity index (χ4n) is 7.46. The molecule has 0 aliphatic heterocycles. The van der Waals surface area contributed by atoms with E-state index in [2.05, 4.69) is 13.8 Å². The van der Waals surface area contributed by atoms with Gasteiger partial charge in [0.1, 0.15) is 6.10 Å². The fourth-order valence-corrected chi connectivity index (χ4v) is 7.46. The first-order valence-corrected chi connectivity index (χ1v) is 11.6. The minimum absolute atomic E-state index is 0.0698. The number of ketones is 1. The predicted octanol–water partition coefficient (Wildman–Crippen LogP) is 5.14. The minimum atomic E-state index is -3.02. The molecule has 0 amide bonds. The summed E-state index contributed by atoms with van der Waals surface area (Å²) < 4.78 is 37.9. The Labute approximate surface area is 187 Å². The summed E-state index contributed by atoms with van der Waals surface area (Å²) in [6.45, 7) is 6.84. The summed E-state index contributed by atoms with van der Waals surface area (Å²) in [6.07, 6.45) is 3.94. The van der Waals surface area contributed by atoms with Gasteiger partial charge in [-0.1, -0.05) is 19.4 Å². The molecule has 4 aliphatic carbocycles. The van der Waals surface area contributed by atoms with E-state index in [9.17, 15) is 23.2 Å². The summed E-state index contributed by atoms with van der Waals surface area (Å²) >= 11 is 0. The summed E-state index contributed by atoms with van der Waals surface area (Å²) in [5.41, 5.74) is 0.467. The molecule has 4 rings (SSSR count). The molecule has 0 N–H and O–H groups in total. The van der Waals surface area contributed by atoms with E-state index in [0.29, 0.717) is 11.8 Å². The molecule has 176 valence electrons. The number of rotatable bonds is 3. The minimum Gasteiger partial charge on any atom is -0.462 e. The molecule has 0 aromatic rings. The number of hydrogen-bond acceptors (Lipinski definition) is 5. The van der Waals surface area contributed by atoms with Crippen LogP contribution in [0, 0.1) is 28.6 Å². The van der Waals surface area contributed by atoms with Crippen LogP contribution in [-0.2, 0) is 23.9 Å². The Morgan fingerprint density at radius 2 is 1.78 bits per heavy atom. The van der Waals surface area contributed by atoms with Gasteiger partial charge in [-0.15, -0.1) is 0 Å². The highest BCUT2D eigenvalue weighted by molar-refractivity contribution is 6.06. The number of alkyl halides is 2. The first kappa shape index (κ1) is 23.1. The molecular formula is C25H32F2O5. The second-order valence-corrected chi connectivity index (χ2v) is 10.5. The Balaban J connectivity index is 1.68. The molecule has 3 fully saturated rings. The molecule has 3 saturated carbocycles. The largest absolute Gasteiger partial charge is 0.462 e. The number of hydrogen-bond donors (Lipinski definition) is 0. The lowest BCUT2D eigenvalue weighted by molar-refractivity contribution is -0.157. The molecule has 4 aliphatic rings. The molecule has 0 spiro atoms. The van der Waals surface area contributed by atoms with Crippen LogP contribution in [-0.4, -0.2) is 30.3 Å². The van der Waals surface area contributed by atoms with E-state index < -0.39 is 29.4 Å². The number of esters is 2. The standard InChI is InChI=1S/C25H32F2O5/c1-13(28)31-21-8-7-18-16-6-5-15-11-20(30)17(22(23(26)27)32-14(2)29)12-25(15,4)19(16)9-10-24(18,21)3/h11,16,18-19,21,23H,5-10,12H2,1-4H3/b22-17+/t16-,18-,19-,21+,24-,25-/m0/s1. The Morgan fingerprint density at radius 3 is 2.41 bits per heavy atom. The number of fused-ring (bicyclic) bond motifs is 5. The monoisotopic (exact) mass is 450 g/mol. The van der Waals surface area contributed by atoms with Gasteiger partial charge >= 0.3 is 11.9 Å². The second-order valence-electron chi connectivity index (χ2n) is 10.5. The van der Waals surface area contributed by atoms with Crippen LogP contribution in [0.4, 0.5) is 8.78 Å². The SMILES string of the molecule is CC(=O)O/C(=C1\C[C@@]2(C)C(=CC1=O)CC[C@H]1[C@@H]3CC[C@@H](OC(C)=O)[C@@]3(C)CC[C@@H]12)C(F)F. The lowest BCUT2D eigenvalue weighted by Crippen LogP contribution is -2.52. The Bertz CT molecular complexity index is 906. The first-order chi connectivity index (χ1) is 15.0. The zero-order valence-corrected chi connectivity index (χ0v) is 19.2. The molecule has 0 radical (unpaired) electrons. The van der Waals surface area contributed by atoms with Crippen LogP contribution in [0.2, 0.25) is 0 Å². The van der Waals surface area contributed by atoms with E-state index in [1.54, 1.807) is 0 Å². The van der Waals surface area contributed by atoms with E-state index in [-0.39, 0.29) is 35.4 Å². The maximum atomic E-state index is 13.7. The van der Waals surface area contributed by atoms with Crippen LogP contribution in [0.1, 0.15) is 72.6 Å². The van der Waals surface area contributed by atoms with Crippen LogP contribution in [0.25, 0.3) is 0 Å². The third kappa shape index (κ3) is 3.61. The average molecular weight is 451 g/mol. The van der Waals surface area contributed by atoms with Gasteiger partial charge < -0.3 is 9.47 Å². The van der Waals surface area contributed by atoms with Crippen molar-refractivity contribution < 1.29 is 32.6 Å². The van der Waals surface area contributed by atoms with Crippen LogP contribution < -0.4 is 0 Å². The number of carbonyl (C=O) groups excluding carboxylic acids is 3. The van der Waals surface area contributed by atoms with Gasteiger partial charge in [-0.05, 0) is 74.2 Å². The molecule has 7 heteroatoms. The Morgan fingerprint density at radius 1 is 1.06 bits per heavy atom. The van der Waals surface area contributed by atoms with Gasteiger partial charge in [0.25, 0.3) is 6.43 Å². The predicted molar refractivity (Wildman–Crippen MR) is 112 cm³/mol. The van der Waals surface area contributed by atoms with E-state index in [0.717, 1.165) is 51.0 Å². The van der Waals surface area contributed by atoms with Crippen molar-refractivity contribution in [2.24, 2.45) is 28.6 Å². The van der Waals surface area contributed by atoms with Crippen molar-refractivity contribution in [2.75, 3.05) is 0 Å². The van der Waals surface area contributed by atoms with Crippen LogP contribution in [0.15, 0.2) is 23.0 Å². The highest BCUT2D eigenvalue weighted by Crippen LogP contribution is 2.66. The van der Waals surface area contributed by atoms with Gasteiger partial charge in [0.05, 0.1) is 0 Å². The Kier molecular flexibility index (Phi) is 5.83. The van der Waals surface area contributed by atoms with Crippen LogP contribution in [0.3, 0.4) is 0 Å². The van der Waals surface area contributed by atoms with Crippen molar-refractivity contribution in [1.82, 2.24) is 0 Å². The van der Waals surface area contributed by atoms with Gasteiger partial charge in [-0.3, -0.25) is 14.4 Å². The Hall–Kier alpha value is -2.05. The zero-order valence-electron chi connectivity index (χ0n) is 19.2. The molecule has 0 heterocycles. The summed E-state index contributed by atoms with van der Waals surface area (Å²) in [7, 11) is 0. The molecule has 5 nitrogen and oxygen atoms in total. The van der Waals surface area contributed by atoms with Gasteiger partial charge in [0.15, 0.2) is 11.5 Å². The lowest BCUT2D eigenvalue weighted by atomic mass is 9.47. The van der Waals surface area contributed by atoms with Crippen molar-refractivity contribution in [3.63, 3.8) is 0 Å². The summed E-state index contributed by atoms with van der Waals surface area (Å²) in [5, 5.41) is 0. The molecular weight excluding hydrogens is 418 g/mol. The van der Waals surface area contributed by atoms with Gasteiger partial charge in [0, 0.05) is 24.8 Å². The maximum Gasteiger partial charge on any atom is 0.307 e. The van der Waals surface area contributed by atoms with Crippen LogP contribution >= 0.6 is 0 Å². The second kappa shape index (κ2) is 8.07. The van der Waals surface area contributed by atoms with Crippen molar-refractivity contribution in [1.29, 1.82) is 0 Å². The average Bonchev–Trinajstić information content (AvgIpc) is 3.02. The maximum absolute atomic E-state index is 13.7. The van der Waals surface area contributed by atoms with Gasteiger partial charge in [-0.2, -0.15) is 0 Å². The quantitative estimate of drug-likeness (QED) is 0.338. The highest BCUT2D eigenvalue weighted by Gasteiger charge is 2.60. The molecule has 0 unspecified atom stereocenters. The molecule has 0 bridgehead atoms. The number of halogens is 2. The smallest absolute Gasteiger partial charge is 0.307 e. The number of ether oxygens (including phenoxy) is 2. The number of allylic oxidation sites excluding steroid dienone is 3. The van der Waals surface area contributed by atoms with Crippen molar-refractivity contribution in [3.8, 4) is 0 Å². The van der Waals surface area contributed by atoms with E-state index in [1.165, 1.54) is 13.0 Å². The summed E-state index contributed by atoms with van der Waals surface area (Å²) in [6, 6.07) is 0. The zero-order chi connectivity index (χ0) is 23.4. The summed E-state index contributed by atoms with van der Waals surface area (Å²) in [5.74, 6) is -1.33. The van der Waals surface area contributed by atoms with E-state index >= 15 is 0 Å². The van der Waals surface area contributed by atoms with Gasteiger partial charge in [0.2, 0.25) is 0 Å². The summed E-state index contributed by atoms with van der Waals surface area (Å²) in [4.78, 5) is 35.8. The topological polar surface area (TPSA) is 69.7 Å². The highest BCUT2D eigenvalue weighted by atomic mass is 19.3. The molecule has 0 aromatic heterocycles. The number of carbonyl (C=O) groups is 3. The molecule has 0 saturated heterocycles. The fraction of sp³-hybridized carbons (Fsp3) is 0.720. The lowest BCUT2D eigenvalue weighted by Gasteiger charge is -2.58. The third-order valence-corrected chi connectivity index (χ3v) is 8.85. The van der Waals surface area contributed by atoms with Crippen molar-refractivity contribution in [2.45, 2.75) is 85.2 Å². The third-order valence-electron chi connectivity index (χ3n) is 8.85. The van der Waals surface area contributed by atoms with Crippen molar-refractivity contribution in [3.05, 3.63) is 23.0 Å². The van der Waals surface area contributed by atoms with Crippen molar-refractivity contribution >= 4 is 17.7 Å². The van der Waals surface area contributed by atoms with Gasteiger partial charge in [-0.25, -0.2) is 8.78 Å². The van der Waals surface area contributed by atoms with E-state index in [4.69, 9.17) is 9.47 Å². The molecule has 6 atom stereocenters. The van der Waals surface area contributed by atoms with Crippen LogP contribution in [0.5, 0.6) is 0 Å². The normalized spacial score (nSPS) is 40.1. The molecule has 32 heavy (non-hydrogen) atoms. The van der Waals surface area contributed by atoms with E-state index in [1.807, 2.05) is 0 Å². The molecule has 0 aromatic carbocycles. The first-order valence-electron chi connectivity index (χ1n) is 11.6.